The van der Waals surface area contributed by atoms with Gasteiger partial charge in [-0.1, -0.05) is 13.3 Å². The summed E-state index contributed by atoms with van der Waals surface area (Å²) in [7, 11) is 1.75. The first-order valence-electron chi connectivity index (χ1n) is 10.4. The molecule has 4 aromatic heterocycles. The van der Waals surface area contributed by atoms with Crippen molar-refractivity contribution in [3.63, 3.8) is 0 Å². The lowest BCUT2D eigenvalue weighted by atomic mass is 10.1. The van der Waals surface area contributed by atoms with Crippen molar-refractivity contribution in [2.75, 3.05) is 13.7 Å². The second-order valence-electron chi connectivity index (χ2n) is 7.07. The number of rotatable bonds is 9. The van der Waals surface area contributed by atoms with Crippen LogP contribution in [0.15, 0.2) is 41.9 Å². The Morgan fingerprint density at radius 3 is 2.87 bits per heavy atom. The Hall–Kier alpha value is -3.46. The number of aliphatic imine (C=N–C) groups is 1. The Morgan fingerprint density at radius 1 is 1.16 bits per heavy atom. The van der Waals surface area contributed by atoms with Gasteiger partial charge in [-0.25, -0.2) is 24.1 Å². The minimum Gasteiger partial charge on any atom is -0.374 e. The molecule has 0 saturated carbocycles. The molecule has 160 valence electrons. The number of nitrogens with zero attached hydrogens (tertiary/aromatic N) is 8. The zero-order valence-corrected chi connectivity index (χ0v) is 18.1. The first-order valence-corrected chi connectivity index (χ1v) is 10.4. The van der Waals surface area contributed by atoms with Gasteiger partial charge in [-0.15, -0.1) is 5.10 Å². The molecule has 0 aliphatic carbocycles. The molecule has 4 aromatic rings. The highest BCUT2D eigenvalue weighted by Gasteiger charge is 2.17. The Balaban J connectivity index is 1.73. The SMILES string of the molecule is CCCc1c(Cc2ccnn2-c2ncccc2C=NC)ncn2nc(COCC)nc12. The zero-order valence-electron chi connectivity index (χ0n) is 18.1. The van der Waals surface area contributed by atoms with E-state index in [1.807, 2.05) is 29.8 Å². The van der Waals surface area contributed by atoms with Gasteiger partial charge in [-0.05, 0) is 31.5 Å². The first-order chi connectivity index (χ1) is 15.2. The van der Waals surface area contributed by atoms with Gasteiger partial charge in [0.25, 0.3) is 0 Å². The molecule has 9 heteroatoms. The van der Waals surface area contributed by atoms with E-state index in [9.17, 15) is 0 Å². The van der Waals surface area contributed by atoms with Gasteiger partial charge in [0.05, 0.1) is 11.4 Å². The summed E-state index contributed by atoms with van der Waals surface area (Å²) < 4.78 is 9.07. The summed E-state index contributed by atoms with van der Waals surface area (Å²) in [6.45, 7) is 5.14. The number of aromatic nitrogens is 7. The van der Waals surface area contributed by atoms with E-state index in [4.69, 9.17) is 14.7 Å². The molecule has 0 bridgehead atoms. The number of aryl methyl sites for hydroxylation is 1. The maximum atomic E-state index is 5.47. The predicted octanol–water partition coefficient (Wildman–Crippen LogP) is 2.83. The van der Waals surface area contributed by atoms with E-state index in [0.717, 1.165) is 46.8 Å². The second-order valence-corrected chi connectivity index (χ2v) is 7.07. The third kappa shape index (κ3) is 4.36. The smallest absolute Gasteiger partial charge is 0.177 e. The van der Waals surface area contributed by atoms with Gasteiger partial charge < -0.3 is 4.74 Å². The quantitative estimate of drug-likeness (QED) is 0.388. The minimum atomic E-state index is 0.396. The van der Waals surface area contributed by atoms with E-state index in [2.05, 4.69) is 27.1 Å². The molecule has 4 heterocycles. The fraction of sp³-hybridized carbons (Fsp3) is 0.364. The number of pyridine rings is 1. The van der Waals surface area contributed by atoms with Crippen molar-refractivity contribution in [2.24, 2.45) is 4.99 Å². The van der Waals surface area contributed by atoms with Crippen LogP contribution in [0.3, 0.4) is 0 Å². The molecule has 0 aliphatic rings. The summed E-state index contributed by atoms with van der Waals surface area (Å²) in [5.74, 6) is 1.41. The Labute approximate surface area is 180 Å². The number of ether oxygens (including phenoxy) is 1. The normalized spacial score (nSPS) is 11.7. The van der Waals surface area contributed by atoms with Gasteiger partial charge in [0.15, 0.2) is 17.3 Å². The Bertz CT molecular complexity index is 1190. The van der Waals surface area contributed by atoms with Crippen LogP contribution < -0.4 is 0 Å². The number of fused-ring (bicyclic) bond motifs is 1. The fourth-order valence-electron chi connectivity index (χ4n) is 3.55. The first kappa shape index (κ1) is 20.8. The number of hydrogen-bond acceptors (Lipinski definition) is 7. The van der Waals surface area contributed by atoms with Gasteiger partial charge >= 0.3 is 0 Å². The van der Waals surface area contributed by atoms with E-state index >= 15 is 0 Å². The van der Waals surface area contributed by atoms with Crippen molar-refractivity contribution in [1.29, 1.82) is 0 Å². The molecule has 0 atom stereocenters. The molecule has 0 radical (unpaired) electrons. The summed E-state index contributed by atoms with van der Waals surface area (Å²) in [6.07, 6.45) is 9.52. The lowest BCUT2D eigenvalue weighted by Gasteiger charge is -2.11. The van der Waals surface area contributed by atoms with Gasteiger partial charge in [-0.3, -0.25) is 4.99 Å². The maximum absolute atomic E-state index is 5.47. The van der Waals surface area contributed by atoms with Crippen LogP contribution in [0.1, 0.15) is 48.6 Å². The molecule has 0 fully saturated rings. The predicted molar refractivity (Wildman–Crippen MR) is 118 cm³/mol. The summed E-state index contributed by atoms with van der Waals surface area (Å²) in [5.41, 5.74) is 4.81. The summed E-state index contributed by atoms with van der Waals surface area (Å²) in [6, 6.07) is 5.86. The van der Waals surface area contributed by atoms with E-state index < -0.39 is 0 Å². The highest BCUT2D eigenvalue weighted by molar-refractivity contribution is 5.83. The molecule has 0 unspecified atom stereocenters. The second kappa shape index (κ2) is 9.57. The molecule has 0 saturated heterocycles. The minimum absolute atomic E-state index is 0.396. The lowest BCUT2D eigenvalue weighted by molar-refractivity contribution is 0.128. The molecule has 9 nitrogen and oxygen atoms in total. The fourth-order valence-corrected chi connectivity index (χ4v) is 3.55. The summed E-state index contributed by atoms with van der Waals surface area (Å²) >= 11 is 0. The average Bonchev–Trinajstić information content (AvgIpc) is 3.41. The Morgan fingerprint density at radius 2 is 2.06 bits per heavy atom. The van der Waals surface area contributed by atoms with Crippen molar-refractivity contribution in [2.45, 2.75) is 39.7 Å². The van der Waals surface area contributed by atoms with Crippen LogP contribution in [0.2, 0.25) is 0 Å². The zero-order chi connectivity index (χ0) is 21.6. The topological polar surface area (TPSA) is 95.4 Å². The van der Waals surface area contributed by atoms with Crippen LogP contribution in [0.5, 0.6) is 0 Å². The molecule has 0 aliphatic heterocycles. The van der Waals surface area contributed by atoms with Crippen LogP contribution in [-0.4, -0.2) is 54.2 Å². The highest BCUT2D eigenvalue weighted by Crippen LogP contribution is 2.20. The highest BCUT2D eigenvalue weighted by atomic mass is 16.5. The molecule has 0 spiro atoms. The van der Waals surface area contributed by atoms with Gasteiger partial charge in [-0.2, -0.15) is 5.10 Å². The van der Waals surface area contributed by atoms with Crippen molar-refractivity contribution >= 4 is 11.9 Å². The monoisotopic (exact) mass is 418 g/mol. The van der Waals surface area contributed by atoms with Crippen LogP contribution in [0.25, 0.3) is 11.5 Å². The Kier molecular flexibility index (Phi) is 6.42. The van der Waals surface area contributed by atoms with E-state index in [0.29, 0.717) is 25.5 Å². The van der Waals surface area contributed by atoms with E-state index in [-0.39, 0.29) is 0 Å². The molecular formula is C22H26N8O. The van der Waals surface area contributed by atoms with Gasteiger partial charge in [0.1, 0.15) is 12.9 Å². The van der Waals surface area contributed by atoms with Crippen molar-refractivity contribution < 1.29 is 4.74 Å². The third-order valence-electron chi connectivity index (χ3n) is 4.91. The number of hydrogen-bond donors (Lipinski definition) is 0. The molecular weight excluding hydrogens is 392 g/mol. The summed E-state index contributed by atoms with van der Waals surface area (Å²) in [5, 5.41) is 9.02. The van der Waals surface area contributed by atoms with E-state index in [1.54, 1.807) is 36.5 Å². The van der Waals surface area contributed by atoms with Crippen LogP contribution in [0, 0.1) is 0 Å². The van der Waals surface area contributed by atoms with Crippen LogP contribution in [-0.2, 0) is 24.2 Å². The molecule has 0 N–H and O–H groups in total. The standard InChI is InChI=1S/C22H26N8O/c1-4-7-18-19(25-15-29-22(18)27-20(28-29)14-31-5-2)12-17-9-11-26-30(17)21-16(13-23-3)8-6-10-24-21/h6,8-11,13,15H,4-5,7,12,14H2,1-3H3. The molecule has 0 amide bonds. The van der Waals surface area contributed by atoms with Gasteiger partial charge in [0.2, 0.25) is 0 Å². The van der Waals surface area contributed by atoms with Crippen molar-refractivity contribution in [3.05, 3.63) is 65.3 Å². The van der Waals surface area contributed by atoms with Crippen LogP contribution >= 0.6 is 0 Å². The van der Waals surface area contributed by atoms with Gasteiger partial charge in [0, 0.05) is 49.8 Å². The van der Waals surface area contributed by atoms with E-state index in [1.165, 1.54) is 0 Å². The molecule has 31 heavy (non-hydrogen) atoms. The third-order valence-corrected chi connectivity index (χ3v) is 4.91. The van der Waals surface area contributed by atoms with Crippen LogP contribution in [0.4, 0.5) is 0 Å². The van der Waals surface area contributed by atoms with Crippen molar-refractivity contribution in [1.82, 2.24) is 34.3 Å². The summed E-state index contributed by atoms with van der Waals surface area (Å²) in [4.78, 5) is 18.1. The average molecular weight is 419 g/mol. The lowest BCUT2D eigenvalue weighted by Crippen LogP contribution is -2.10. The van der Waals surface area contributed by atoms with Crippen molar-refractivity contribution in [3.8, 4) is 5.82 Å². The molecule has 0 aromatic carbocycles. The molecule has 4 rings (SSSR count). The maximum Gasteiger partial charge on any atom is 0.177 e. The largest absolute Gasteiger partial charge is 0.374 e.